The van der Waals surface area contributed by atoms with Gasteiger partial charge in [-0.1, -0.05) is 61.8 Å². The Morgan fingerprint density at radius 2 is 1.11 bits per heavy atom. The maximum absolute atomic E-state index is 13.2. The van der Waals surface area contributed by atoms with Gasteiger partial charge in [-0.25, -0.2) is 0 Å². The van der Waals surface area contributed by atoms with Crippen LogP contribution < -0.4 is 37.6 Å². The molecule has 6 atom stereocenters. The summed E-state index contributed by atoms with van der Waals surface area (Å²) in [4.78, 5) is 87.5. The van der Waals surface area contributed by atoms with Gasteiger partial charge in [0.1, 0.15) is 30.7 Å². The highest BCUT2D eigenvalue weighted by atomic mass is 16.4. The Hall–Kier alpha value is -3.79. The van der Waals surface area contributed by atoms with Crippen molar-refractivity contribution in [1.29, 1.82) is 0 Å². The molecule has 10 N–H and O–H groups in total. The lowest BCUT2D eigenvalue weighted by Gasteiger charge is -2.28. The summed E-state index contributed by atoms with van der Waals surface area (Å²) in [5.41, 5.74) is 6.02. The third kappa shape index (κ3) is 16.0. The molecule has 0 rings (SSSR count). The topological polar surface area (TPSA) is 258 Å². The lowest BCUT2D eigenvalue weighted by atomic mass is 9.97. The highest BCUT2D eigenvalue weighted by Gasteiger charge is 2.32. The molecule has 0 heterocycles. The van der Waals surface area contributed by atoms with Crippen molar-refractivity contribution < 1.29 is 43.8 Å². The smallest absolute Gasteiger partial charge is 0.322 e. The van der Waals surface area contributed by atoms with Crippen molar-refractivity contribution in [3.8, 4) is 0 Å². The number of carboxylic acids is 1. The van der Waals surface area contributed by atoms with Gasteiger partial charge in [0.2, 0.25) is 35.4 Å². The number of aliphatic hydroxyl groups is 1. The van der Waals surface area contributed by atoms with Gasteiger partial charge in [-0.3, -0.25) is 33.6 Å². The van der Waals surface area contributed by atoms with E-state index in [0.717, 1.165) is 0 Å². The number of carbonyl (C=O) groups is 7. The maximum Gasteiger partial charge on any atom is 0.322 e. The van der Waals surface area contributed by atoms with Crippen molar-refractivity contribution in [2.45, 2.75) is 105 Å². The van der Waals surface area contributed by atoms with Crippen LogP contribution in [0.4, 0.5) is 0 Å². The number of aliphatic carboxylic acids is 1. The highest BCUT2D eigenvalue weighted by molar-refractivity contribution is 5.96. The van der Waals surface area contributed by atoms with E-state index in [1.807, 2.05) is 27.7 Å². The SMILES string of the molecule is CC[C@H](C)[C@H](N)C(=O)N[C@H](C(=O)N[C@@H](CC(C)C)C(=O)NCC(=O)N[C@@H](CO)C(=O)N[C@@H](CC(C)C)C(=O)NCC(=O)O)C(C)C. The number of amides is 6. The molecule has 0 aromatic rings. The first-order chi connectivity index (χ1) is 21.3. The maximum atomic E-state index is 13.2. The molecular weight excluding hydrogens is 602 g/mol. The average molecular weight is 658 g/mol. The molecular formula is C30H55N7O9. The zero-order valence-corrected chi connectivity index (χ0v) is 28.3. The van der Waals surface area contributed by atoms with Crippen molar-refractivity contribution in [3.63, 3.8) is 0 Å². The number of nitrogens with two attached hydrogens (primary N) is 1. The van der Waals surface area contributed by atoms with Crippen molar-refractivity contribution in [3.05, 3.63) is 0 Å². The van der Waals surface area contributed by atoms with Crippen LogP contribution in [-0.4, -0.2) is 102 Å². The minimum Gasteiger partial charge on any atom is -0.480 e. The van der Waals surface area contributed by atoms with Crippen LogP contribution in [0.15, 0.2) is 0 Å². The summed E-state index contributed by atoms with van der Waals surface area (Å²) < 4.78 is 0. The summed E-state index contributed by atoms with van der Waals surface area (Å²) in [5.74, 6) is -6.03. The third-order valence-electron chi connectivity index (χ3n) is 7.16. The van der Waals surface area contributed by atoms with Crippen LogP contribution in [0.25, 0.3) is 0 Å². The Morgan fingerprint density at radius 3 is 1.52 bits per heavy atom. The molecule has 0 radical (unpaired) electrons. The molecule has 0 aliphatic heterocycles. The highest BCUT2D eigenvalue weighted by Crippen LogP contribution is 2.10. The van der Waals surface area contributed by atoms with E-state index in [4.69, 9.17) is 10.8 Å². The number of rotatable bonds is 21. The first-order valence-electron chi connectivity index (χ1n) is 15.7. The molecule has 46 heavy (non-hydrogen) atoms. The van der Waals surface area contributed by atoms with E-state index < -0.39 is 91.3 Å². The lowest BCUT2D eigenvalue weighted by molar-refractivity contribution is -0.138. The predicted octanol–water partition coefficient (Wildman–Crippen LogP) is -1.64. The normalized spacial score (nSPS) is 15.2. The number of aliphatic hydroxyl groups excluding tert-OH is 1. The largest absolute Gasteiger partial charge is 0.480 e. The standard InChI is InChI=1S/C30H55N7O9/c1-9-18(8)24(31)29(45)37-25(17(6)7)30(46)36-20(11-16(4)5)26(42)32-12-22(39)34-21(14-38)28(44)35-19(10-15(2)3)27(43)33-13-23(40)41/h15-21,24-25,38H,9-14,31H2,1-8H3,(H,32,42)(H,33,43)(H,34,39)(H,35,44)(H,36,46)(H,37,45)(H,40,41)/t18-,19-,20-,21-,24-,25-/m0/s1. The van der Waals surface area contributed by atoms with E-state index in [2.05, 4.69) is 31.9 Å². The minimum atomic E-state index is -1.48. The molecule has 0 aliphatic rings. The first-order valence-corrected chi connectivity index (χ1v) is 15.7. The molecule has 6 amide bonds. The Morgan fingerprint density at radius 1 is 0.630 bits per heavy atom. The van der Waals surface area contributed by atoms with E-state index >= 15 is 0 Å². The molecule has 16 heteroatoms. The van der Waals surface area contributed by atoms with Gasteiger partial charge in [0.25, 0.3) is 0 Å². The minimum absolute atomic E-state index is 0.0373. The molecule has 0 aromatic carbocycles. The molecule has 264 valence electrons. The quantitative estimate of drug-likeness (QED) is 0.0680. The summed E-state index contributed by atoms with van der Waals surface area (Å²) in [5, 5.41) is 33.2. The molecule has 0 saturated carbocycles. The van der Waals surface area contributed by atoms with Crippen LogP contribution in [-0.2, 0) is 33.6 Å². The van der Waals surface area contributed by atoms with Crippen LogP contribution in [0.2, 0.25) is 0 Å². The number of carbonyl (C=O) groups excluding carboxylic acids is 6. The molecule has 0 unspecified atom stereocenters. The number of hydrogen-bond donors (Lipinski definition) is 9. The zero-order chi connectivity index (χ0) is 35.7. The van der Waals surface area contributed by atoms with Crippen molar-refractivity contribution in [2.24, 2.45) is 29.4 Å². The molecule has 0 bridgehead atoms. The van der Waals surface area contributed by atoms with Crippen LogP contribution in [0.1, 0.15) is 74.7 Å². The van der Waals surface area contributed by atoms with Gasteiger partial charge < -0.3 is 47.8 Å². The number of carboxylic acid groups (broad SMARTS) is 1. The summed E-state index contributed by atoms with van der Waals surface area (Å²) in [6.45, 7) is 12.4. The van der Waals surface area contributed by atoms with Crippen molar-refractivity contribution in [2.75, 3.05) is 19.7 Å². The second kappa shape index (κ2) is 21.1. The third-order valence-corrected chi connectivity index (χ3v) is 7.16. The molecule has 16 nitrogen and oxygen atoms in total. The molecule has 0 aliphatic carbocycles. The Bertz CT molecular complexity index is 1050. The Balaban J connectivity index is 5.43. The fraction of sp³-hybridized carbons (Fsp3) is 0.767. The van der Waals surface area contributed by atoms with E-state index in [1.165, 1.54) is 0 Å². The van der Waals surface area contributed by atoms with Gasteiger partial charge in [0.15, 0.2) is 0 Å². The zero-order valence-electron chi connectivity index (χ0n) is 28.3. The molecule has 0 spiro atoms. The van der Waals surface area contributed by atoms with E-state index in [9.17, 15) is 38.7 Å². The predicted molar refractivity (Wildman–Crippen MR) is 170 cm³/mol. The van der Waals surface area contributed by atoms with E-state index in [0.29, 0.717) is 6.42 Å². The Kier molecular flexibility index (Phi) is 19.4. The summed E-state index contributed by atoms with van der Waals surface area (Å²) in [7, 11) is 0. The van der Waals surface area contributed by atoms with Gasteiger partial charge in [0.05, 0.1) is 19.2 Å². The second-order valence-electron chi connectivity index (χ2n) is 12.7. The lowest BCUT2D eigenvalue weighted by Crippen LogP contribution is -2.59. The molecule has 0 fully saturated rings. The summed E-state index contributed by atoms with van der Waals surface area (Å²) >= 11 is 0. The molecule has 0 saturated heterocycles. The molecule has 0 aromatic heterocycles. The number of hydrogen-bond acceptors (Lipinski definition) is 9. The fourth-order valence-electron chi connectivity index (χ4n) is 4.25. The van der Waals surface area contributed by atoms with E-state index in [1.54, 1.807) is 27.7 Å². The number of nitrogens with one attached hydrogen (secondary N) is 6. The summed E-state index contributed by atoms with van der Waals surface area (Å²) in [6, 6.07) is -5.44. The fourth-order valence-corrected chi connectivity index (χ4v) is 4.25. The van der Waals surface area contributed by atoms with Crippen LogP contribution in [0, 0.1) is 23.7 Å². The van der Waals surface area contributed by atoms with Gasteiger partial charge in [-0.15, -0.1) is 0 Å². The van der Waals surface area contributed by atoms with Crippen LogP contribution >= 0.6 is 0 Å². The van der Waals surface area contributed by atoms with Gasteiger partial charge in [-0.05, 0) is 36.5 Å². The van der Waals surface area contributed by atoms with Gasteiger partial charge in [-0.2, -0.15) is 0 Å². The summed E-state index contributed by atoms with van der Waals surface area (Å²) in [6.07, 6.45) is 1.05. The average Bonchev–Trinajstić information content (AvgIpc) is 2.97. The van der Waals surface area contributed by atoms with Crippen LogP contribution in [0.3, 0.4) is 0 Å². The monoisotopic (exact) mass is 657 g/mol. The van der Waals surface area contributed by atoms with Crippen molar-refractivity contribution in [1.82, 2.24) is 31.9 Å². The van der Waals surface area contributed by atoms with Gasteiger partial charge >= 0.3 is 5.97 Å². The first kappa shape index (κ1) is 42.2. The second-order valence-corrected chi connectivity index (χ2v) is 12.7. The van der Waals surface area contributed by atoms with Crippen LogP contribution in [0.5, 0.6) is 0 Å². The van der Waals surface area contributed by atoms with Gasteiger partial charge in [0, 0.05) is 0 Å². The van der Waals surface area contributed by atoms with Crippen molar-refractivity contribution >= 4 is 41.4 Å². The Labute approximate surface area is 271 Å². The van der Waals surface area contributed by atoms with E-state index in [-0.39, 0.29) is 36.5 Å².